The Morgan fingerprint density at radius 2 is 0.925 bits per heavy atom. The van der Waals surface area contributed by atoms with E-state index in [9.17, 15) is 4.79 Å². The molecule has 0 amide bonds. The van der Waals surface area contributed by atoms with Crippen molar-refractivity contribution in [3.63, 3.8) is 0 Å². The van der Waals surface area contributed by atoms with Crippen LogP contribution in [0.5, 0.6) is 0 Å². The lowest BCUT2D eigenvalue weighted by Crippen LogP contribution is -2.14. The molecule has 40 heavy (non-hydrogen) atoms. The molecule has 0 bridgehead atoms. The minimum absolute atomic E-state index is 0.0462. The van der Waals surface area contributed by atoms with Crippen molar-refractivity contribution in [1.29, 1.82) is 0 Å². The van der Waals surface area contributed by atoms with E-state index in [1.54, 1.807) is 12.7 Å². The lowest BCUT2D eigenvalue weighted by molar-refractivity contribution is -0.120. The number of hydrogen-bond donors (Lipinski definition) is 0. The van der Waals surface area contributed by atoms with E-state index >= 15 is 0 Å². The summed E-state index contributed by atoms with van der Waals surface area (Å²) >= 11 is 12.2. The topological polar surface area (TPSA) is 52.7 Å². The van der Waals surface area contributed by atoms with Gasteiger partial charge in [-0.25, -0.2) is 9.97 Å². The third kappa shape index (κ3) is 5.62. The molecule has 4 aromatic carbocycles. The Labute approximate surface area is 242 Å². The van der Waals surface area contributed by atoms with Crippen molar-refractivity contribution in [1.82, 2.24) is 19.1 Å². The van der Waals surface area contributed by atoms with Crippen molar-refractivity contribution in [2.45, 2.75) is 13.1 Å². The summed E-state index contributed by atoms with van der Waals surface area (Å²) in [6.45, 7) is 0.427. The minimum Gasteiger partial charge on any atom is -0.329 e. The summed E-state index contributed by atoms with van der Waals surface area (Å²) in [5.41, 5.74) is 7.83. The van der Waals surface area contributed by atoms with Gasteiger partial charge < -0.3 is 9.13 Å². The van der Waals surface area contributed by atoms with Crippen molar-refractivity contribution in [3.05, 3.63) is 132 Å². The van der Waals surface area contributed by atoms with Gasteiger partial charge in [-0.15, -0.1) is 0 Å². The highest BCUT2D eigenvalue weighted by Crippen LogP contribution is 2.33. The molecule has 0 fully saturated rings. The van der Waals surface area contributed by atoms with Crippen LogP contribution in [0.2, 0.25) is 10.0 Å². The lowest BCUT2D eigenvalue weighted by Gasteiger charge is -2.08. The molecule has 6 aromatic rings. The zero-order valence-electron chi connectivity index (χ0n) is 21.4. The van der Waals surface area contributed by atoms with Gasteiger partial charge in [-0.05, 0) is 46.5 Å². The fraction of sp³-hybridized carbons (Fsp3) is 0.0606. The number of benzene rings is 4. The Bertz CT molecular complexity index is 1660. The molecule has 0 aliphatic carbocycles. The van der Waals surface area contributed by atoms with Crippen LogP contribution in [0.15, 0.2) is 122 Å². The Morgan fingerprint density at radius 1 is 0.550 bits per heavy atom. The van der Waals surface area contributed by atoms with Crippen LogP contribution in [0.3, 0.4) is 0 Å². The van der Waals surface area contributed by atoms with Crippen molar-refractivity contribution in [2.75, 3.05) is 0 Å². The molecule has 0 saturated carbocycles. The molecule has 2 heterocycles. The van der Waals surface area contributed by atoms with Crippen LogP contribution in [-0.4, -0.2) is 24.9 Å². The normalized spacial score (nSPS) is 11.1. The van der Waals surface area contributed by atoms with Crippen LogP contribution in [0.25, 0.3) is 44.8 Å². The number of imidazole rings is 2. The zero-order chi connectivity index (χ0) is 27.5. The van der Waals surface area contributed by atoms with Crippen LogP contribution in [-0.2, 0) is 17.9 Å². The number of aromatic nitrogens is 4. The van der Waals surface area contributed by atoms with Crippen LogP contribution in [0, 0.1) is 0 Å². The molecule has 7 heteroatoms. The molecule has 0 N–H and O–H groups in total. The van der Waals surface area contributed by atoms with Gasteiger partial charge in [-0.2, -0.15) is 0 Å². The van der Waals surface area contributed by atoms with E-state index in [0.717, 1.165) is 44.8 Å². The number of carbonyl (C=O) groups is 1. The standard InChI is InChI=1S/C33H24Cl2N4O/c34-25-13-9-23(10-14-25)28-5-1-3-7-30(28)32-19-38(21-36-32)17-27(40)18-39-20-33(37-22-39)31-8-4-2-6-29(31)24-11-15-26(35)16-12-24/h1-16,19-22H,17-18H2. The first kappa shape index (κ1) is 25.8. The summed E-state index contributed by atoms with van der Waals surface area (Å²) in [6.07, 6.45) is 7.23. The van der Waals surface area contributed by atoms with Crippen LogP contribution >= 0.6 is 23.2 Å². The first-order valence-corrected chi connectivity index (χ1v) is 13.5. The van der Waals surface area contributed by atoms with Gasteiger partial charge in [-0.1, -0.05) is 96.0 Å². The quantitative estimate of drug-likeness (QED) is 0.187. The maximum absolute atomic E-state index is 13.0. The fourth-order valence-electron chi connectivity index (χ4n) is 4.80. The van der Waals surface area contributed by atoms with Crippen LogP contribution in [0.1, 0.15) is 0 Å². The lowest BCUT2D eigenvalue weighted by atomic mass is 9.98. The smallest absolute Gasteiger partial charge is 0.172 e. The number of hydrogen-bond acceptors (Lipinski definition) is 3. The number of rotatable bonds is 8. The van der Waals surface area contributed by atoms with Gasteiger partial charge in [0.2, 0.25) is 0 Å². The number of nitrogens with zero attached hydrogens (tertiary/aromatic N) is 4. The third-order valence-corrected chi connectivity index (χ3v) is 7.20. The summed E-state index contributed by atoms with van der Waals surface area (Å²) in [5, 5.41) is 1.39. The third-order valence-electron chi connectivity index (χ3n) is 6.70. The van der Waals surface area contributed by atoms with Gasteiger partial charge in [0.15, 0.2) is 5.78 Å². The van der Waals surface area contributed by atoms with E-state index < -0.39 is 0 Å². The van der Waals surface area contributed by atoms with Gasteiger partial charge in [0, 0.05) is 33.6 Å². The molecule has 0 radical (unpaired) electrons. The number of Topliss-reactive ketones (excluding diaryl/α,β-unsaturated/α-hetero) is 1. The van der Waals surface area contributed by atoms with Crippen molar-refractivity contribution >= 4 is 29.0 Å². The first-order chi connectivity index (χ1) is 19.5. The Morgan fingerprint density at radius 3 is 1.32 bits per heavy atom. The molecular formula is C33H24Cl2N4O. The second-order valence-corrected chi connectivity index (χ2v) is 10.4. The van der Waals surface area contributed by atoms with Crippen molar-refractivity contribution < 1.29 is 4.79 Å². The zero-order valence-corrected chi connectivity index (χ0v) is 22.9. The summed E-state index contributed by atoms with van der Waals surface area (Å²) in [6, 6.07) is 31.7. The van der Waals surface area contributed by atoms with Gasteiger partial charge in [0.1, 0.15) is 0 Å². The van der Waals surface area contributed by atoms with E-state index in [1.807, 2.05) is 106 Å². The van der Waals surface area contributed by atoms with Gasteiger partial charge in [0.05, 0.1) is 37.1 Å². The summed E-state index contributed by atoms with van der Waals surface area (Å²) in [4.78, 5) is 22.2. The number of ketones is 1. The highest BCUT2D eigenvalue weighted by Gasteiger charge is 2.13. The SMILES string of the molecule is O=C(Cn1cnc(-c2ccccc2-c2ccc(Cl)cc2)c1)Cn1cnc(-c2ccccc2-c2ccc(Cl)cc2)c1. The molecule has 0 aliphatic heterocycles. The highest BCUT2D eigenvalue weighted by molar-refractivity contribution is 6.31. The molecule has 6 rings (SSSR count). The second kappa shape index (κ2) is 11.3. The Kier molecular flexibility index (Phi) is 7.32. The fourth-order valence-corrected chi connectivity index (χ4v) is 5.06. The average molecular weight is 563 g/mol. The van der Waals surface area contributed by atoms with Crippen LogP contribution < -0.4 is 0 Å². The van der Waals surface area contributed by atoms with Gasteiger partial charge in [0.25, 0.3) is 0 Å². The maximum Gasteiger partial charge on any atom is 0.172 e. The molecular weight excluding hydrogens is 539 g/mol. The molecule has 0 saturated heterocycles. The summed E-state index contributed by atoms with van der Waals surface area (Å²) in [7, 11) is 0. The molecule has 0 spiro atoms. The average Bonchev–Trinajstić information content (AvgIpc) is 3.64. The van der Waals surface area contributed by atoms with Gasteiger partial charge in [-0.3, -0.25) is 4.79 Å². The van der Waals surface area contributed by atoms with Crippen LogP contribution in [0.4, 0.5) is 0 Å². The Balaban J connectivity index is 1.17. The summed E-state index contributed by atoms with van der Waals surface area (Å²) < 4.78 is 3.65. The highest BCUT2D eigenvalue weighted by atomic mass is 35.5. The van der Waals surface area contributed by atoms with E-state index in [-0.39, 0.29) is 18.9 Å². The molecule has 2 aromatic heterocycles. The van der Waals surface area contributed by atoms with E-state index in [2.05, 4.69) is 22.1 Å². The maximum atomic E-state index is 13.0. The number of carbonyl (C=O) groups excluding carboxylic acids is 1. The predicted molar refractivity (Wildman–Crippen MR) is 161 cm³/mol. The molecule has 5 nitrogen and oxygen atoms in total. The van der Waals surface area contributed by atoms with Crippen molar-refractivity contribution in [2.24, 2.45) is 0 Å². The largest absolute Gasteiger partial charge is 0.329 e. The van der Waals surface area contributed by atoms with E-state index in [1.165, 1.54) is 0 Å². The minimum atomic E-state index is 0.0462. The summed E-state index contributed by atoms with van der Waals surface area (Å²) in [5.74, 6) is 0.0462. The van der Waals surface area contributed by atoms with Crippen molar-refractivity contribution in [3.8, 4) is 44.8 Å². The number of halogens is 2. The van der Waals surface area contributed by atoms with E-state index in [0.29, 0.717) is 10.0 Å². The Hall–Kier alpha value is -4.45. The van der Waals surface area contributed by atoms with Gasteiger partial charge >= 0.3 is 0 Å². The van der Waals surface area contributed by atoms with E-state index in [4.69, 9.17) is 23.2 Å². The predicted octanol–water partition coefficient (Wildman–Crippen LogP) is 8.32. The monoisotopic (exact) mass is 562 g/mol. The molecule has 0 aliphatic rings. The molecule has 0 unspecified atom stereocenters. The molecule has 0 atom stereocenters. The first-order valence-electron chi connectivity index (χ1n) is 12.8. The second-order valence-electron chi connectivity index (χ2n) is 9.51. The molecule has 196 valence electrons.